The van der Waals surface area contributed by atoms with Gasteiger partial charge >= 0.3 is 6.09 Å². The fraction of sp³-hybridized carbons (Fsp3) is 0.500. The first-order chi connectivity index (χ1) is 9.58. The molecule has 1 aromatic rings. The maximum absolute atomic E-state index is 12.2. The maximum Gasteiger partial charge on any atom is 0.410 e. The molecular formula is C16H21NO3. The van der Waals surface area contributed by atoms with Crippen LogP contribution in [0.15, 0.2) is 30.3 Å². The molecule has 1 aromatic carbocycles. The molecule has 0 N–H and O–H groups in total. The van der Waals surface area contributed by atoms with Crippen molar-refractivity contribution in [3.63, 3.8) is 0 Å². The van der Waals surface area contributed by atoms with Crippen LogP contribution in [0.2, 0.25) is 0 Å². The lowest BCUT2D eigenvalue weighted by molar-refractivity contribution is -0.123. The zero-order chi connectivity index (χ0) is 14.5. The zero-order valence-electron chi connectivity index (χ0n) is 12.0. The Morgan fingerprint density at radius 1 is 1.35 bits per heavy atom. The molecule has 20 heavy (non-hydrogen) atoms. The molecule has 0 aliphatic carbocycles. The van der Waals surface area contributed by atoms with Crippen LogP contribution in [0.4, 0.5) is 4.79 Å². The standard InChI is InChI=1S/C16H21NO3/c1-12(2)15-10-14(18)8-9-17(15)16(19)20-11-13-6-4-3-5-7-13/h3-7,12,15H,8-11H2,1-2H3/t15-/m0/s1. The van der Waals surface area contributed by atoms with E-state index in [1.807, 2.05) is 44.2 Å². The van der Waals surface area contributed by atoms with Crippen molar-refractivity contribution in [1.82, 2.24) is 4.90 Å². The van der Waals surface area contributed by atoms with E-state index in [1.165, 1.54) is 0 Å². The van der Waals surface area contributed by atoms with Crippen molar-refractivity contribution in [3.05, 3.63) is 35.9 Å². The Balaban J connectivity index is 1.95. The van der Waals surface area contributed by atoms with E-state index in [2.05, 4.69) is 0 Å². The second-order valence-corrected chi connectivity index (χ2v) is 5.54. The van der Waals surface area contributed by atoms with Crippen molar-refractivity contribution in [1.29, 1.82) is 0 Å². The molecule has 0 saturated carbocycles. The predicted molar refractivity (Wildman–Crippen MR) is 76.2 cm³/mol. The molecule has 1 heterocycles. The fourth-order valence-electron chi connectivity index (χ4n) is 2.48. The minimum atomic E-state index is -0.319. The molecule has 0 bridgehead atoms. The number of benzene rings is 1. The summed E-state index contributed by atoms with van der Waals surface area (Å²) in [4.78, 5) is 25.4. The van der Waals surface area contributed by atoms with Gasteiger partial charge in [0, 0.05) is 25.4 Å². The van der Waals surface area contributed by atoms with E-state index in [0.717, 1.165) is 5.56 Å². The second kappa shape index (κ2) is 6.55. The number of carbonyl (C=O) groups is 2. The summed E-state index contributed by atoms with van der Waals surface area (Å²) >= 11 is 0. The van der Waals surface area contributed by atoms with Gasteiger partial charge in [0.15, 0.2) is 0 Å². The van der Waals surface area contributed by atoms with E-state index < -0.39 is 0 Å². The van der Waals surface area contributed by atoms with Gasteiger partial charge in [-0.15, -0.1) is 0 Å². The lowest BCUT2D eigenvalue weighted by Crippen LogP contribution is -2.49. The van der Waals surface area contributed by atoms with Crippen molar-refractivity contribution >= 4 is 11.9 Å². The number of likely N-dealkylation sites (tertiary alicyclic amines) is 1. The number of piperidine rings is 1. The topological polar surface area (TPSA) is 46.6 Å². The van der Waals surface area contributed by atoms with Crippen molar-refractivity contribution in [2.45, 2.75) is 39.3 Å². The van der Waals surface area contributed by atoms with E-state index in [9.17, 15) is 9.59 Å². The van der Waals surface area contributed by atoms with Crippen molar-refractivity contribution in [2.75, 3.05) is 6.54 Å². The van der Waals surface area contributed by atoms with Gasteiger partial charge in [-0.1, -0.05) is 44.2 Å². The van der Waals surface area contributed by atoms with Gasteiger partial charge < -0.3 is 9.64 Å². The number of carbonyl (C=O) groups excluding carboxylic acids is 2. The first kappa shape index (κ1) is 14.6. The Labute approximate surface area is 119 Å². The monoisotopic (exact) mass is 275 g/mol. The van der Waals surface area contributed by atoms with Crippen LogP contribution in [0.25, 0.3) is 0 Å². The Morgan fingerprint density at radius 2 is 2.05 bits per heavy atom. The second-order valence-electron chi connectivity index (χ2n) is 5.54. The summed E-state index contributed by atoms with van der Waals surface area (Å²) < 4.78 is 5.36. The smallest absolute Gasteiger partial charge is 0.410 e. The summed E-state index contributed by atoms with van der Waals surface area (Å²) in [5, 5.41) is 0. The van der Waals surface area contributed by atoms with Gasteiger partial charge in [-0.05, 0) is 11.5 Å². The number of rotatable bonds is 3. The van der Waals surface area contributed by atoms with Gasteiger partial charge in [0.25, 0.3) is 0 Å². The third-order valence-corrected chi connectivity index (χ3v) is 3.68. The highest BCUT2D eigenvalue weighted by molar-refractivity contribution is 5.82. The molecule has 0 aromatic heterocycles. The molecule has 0 spiro atoms. The molecular weight excluding hydrogens is 254 g/mol. The maximum atomic E-state index is 12.2. The number of nitrogens with zero attached hydrogens (tertiary/aromatic N) is 1. The van der Waals surface area contributed by atoms with Crippen LogP contribution in [0.5, 0.6) is 0 Å². The van der Waals surface area contributed by atoms with E-state index in [1.54, 1.807) is 4.90 Å². The van der Waals surface area contributed by atoms with E-state index in [4.69, 9.17) is 4.74 Å². The molecule has 0 unspecified atom stereocenters. The average Bonchev–Trinajstić information content (AvgIpc) is 2.45. The molecule has 1 aliphatic heterocycles. The molecule has 1 saturated heterocycles. The molecule has 2 rings (SSSR count). The van der Waals surface area contributed by atoms with Crippen LogP contribution in [-0.4, -0.2) is 29.4 Å². The summed E-state index contributed by atoms with van der Waals surface area (Å²) in [7, 11) is 0. The largest absolute Gasteiger partial charge is 0.445 e. The number of ether oxygens (including phenoxy) is 1. The Kier molecular flexibility index (Phi) is 4.77. The van der Waals surface area contributed by atoms with Crippen LogP contribution < -0.4 is 0 Å². The van der Waals surface area contributed by atoms with Gasteiger partial charge in [0.2, 0.25) is 0 Å². The normalized spacial score (nSPS) is 19.2. The van der Waals surface area contributed by atoms with Crippen LogP contribution in [0, 0.1) is 5.92 Å². The SMILES string of the molecule is CC(C)[C@@H]1CC(=O)CCN1C(=O)OCc1ccccc1. The van der Waals surface area contributed by atoms with Gasteiger partial charge in [-0.2, -0.15) is 0 Å². The van der Waals surface area contributed by atoms with Crippen LogP contribution >= 0.6 is 0 Å². The van der Waals surface area contributed by atoms with Crippen LogP contribution in [-0.2, 0) is 16.1 Å². The number of amides is 1. The lowest BCUT2D eigenvalue weighted by atomic mass is 9.92. The first-order valence-electron chi connectivity index (χ1n) is 7.07. The molecule has 1 atom stereocenters. The first-order valence-corrected chi connectivity index (χ1v) is 7.07. The van der Waals surface area contributed by atoms with E-state index in [-0.39, 0.29) is 30.4 Å². The fourth-order valence-corrected chi connectivity index (χ4v) is 2.48. The van der Waals surface area contributed by atoms with Gasteiger partial charge in [-0.25, -0.2) is 4.79 Å². The highest BCUT2D eigenvalue weighted by atomic mass is 16.6. The molecule has 4 nitrogen and oxygen atoms in total. The van der Waals surface area contributed by atoms with Gasteiger partial charge in [-0.3, -0.25) is 4.79 Å². The van der Waals surface area contributed by atoms with Crippen LogP contribution in [0.1, 0.15) is 32.3 Å². The van der Waals surface area contributed by atoms with Gasteiger partial charge in [0.1, 0.15) is 12.4 Å². The minimum absolute atomic E-state index is 0.0421. The number of hydrogen-bond acceptors (Lipinski definition) is 3. The number of Topliss-reactive ketones (excluding diaryl/α,β-unsaturated/α-hetero) is 1. The van der Waals surface area contributed by atoms with E-state index in [0.29, 0.717) is 19.4 Å². The highest BCUT2D eigenvalue weighted by Gasteiger charge is 2.33. The molecule has 1 aliphatic rings. The van der Waals surface area contributed by atoms with Crippen molar-refractivity contribution in [2.24, 2.45) is 5.92 Å². The quantitative estimate of drug-likeness (QED) is 0.852. The summed E-state index contributed by atoms with van der Waals surface area (Å²) in [6.07, 6.45) is 0.557. The van der Waals surface area contributed by atoms with Crippen molar-refractivity contribution < 1.29 is 14.3 Å². The van der Waals surface area contributed by atoms with Crippen LogP contribution in [0.3, 0.4) is 0 Å². The Morgan fingerprint density at radius 3 is 2.70 bits per heavy atom. The molecule has 108 valence electrons. The summed E-state index contributed by atoms with van der Waals surface area (Å²) in [6, 6.07) is 9.56. The lowest BCUT2D eigenvalue weighted by Gasteiger charge is -2.36. The minimum Gasteiger partial charge on any atom is -0.445 e. The number of ketones is 1. The zero-order valence-corrected chi connectivity index (χ0v) is 12.0. The van der Waals surface area contributed by atoms with Gasteiger partial charge in [0.05, 0.1) is 0 Å². The highest BCUT2D eigenvalue weighted by Crippen LogP contribution is 2.22. The van der Waals surface area contributed by atoms with E-state index >= 15 is 0 Å². The molecule has 1 amide bonds. The number of hydrogen-bond donors (Lipinski definition) is 0. The summed E-state index contributed by atoms with van der Waals surface area (Å²) in [5.74, 6) is 0.485. The predicted octanol–water partition coefficient (Wildman–Crippen LogP) is 3.01. The Hall–Kier alpha value is -1.84. The molecule has 0 radical (unpaired) electrons. The molecule has 4 heteroatoms. The Bertz CT molecular complexity index is 470. The third kappa shape index (κ3) is 3.59. The summed E-state index contributed by atoms with van der Waals surface area (Å²) in [5.41, 5.74) is 0.968. The molecule has 1 fully saturated rings. The van der Waals surface area contributed by atoms with Crippen molar-refractivity contribution in [3.8, 4) is 0 Å². The average molecular weight is 275 g/mol. The third-order valence-electron chi connectivity index (χ3n) is 3.68. The summed E-state index contributed by atoms with van der Waals surface area (Å²) in [6.45, 7) is 4.80.